The predicted molar refractivity (Wildman–Crippen MR) is 97.2 cm³/mol. The van der Waals surface area contributed by atoms with Crippen LogP contribution < -0.4 is 0 Å². The lowest BCUT2D eigenvalue weighted by Crippen LogP contribution is -2.44. The SMILES string of the molecule is O=C(CC(O)(c1cc(Cl)cc(Cl)c1)C(F)(F)F)c1cc2ccccc2s1. The molecule has 3 rings (SSSR count). The largest absolute Gasteiger partial charge is 0.421 e. The van der Waals surface area contributed by atoms with Crippen LogP contribution in [0.3, 0.4) is 0 Å². The van der Waals surface area contributed by atoms with Gasteiger partial charge in [-0.15, -0.1) is 11.3 Å². The zero-order chi connectivity index (χ0) is 19.1. The normalized spacial score (nSPS) is 14.4. The Morgan fingerprint density at radius 1 is 1.04 bits per heavy atom. The van der Waals surface area contributed by atoms with Crippen molar-refractivity contribution in [2.75, 3.05) is 0 Å². The highest BCUT2D eigenvalue weighted by Crippen LogP contribution is 2.44. The van der Waals surface area contributed by atoms with Crippen LogP contribution in [0.5, 0.6) is 0 Å². The number of thiophene rings is 1. The van der Waals surface area contributed by atoms with Gasteiger partial charge < -0.3 is 5.11 Å². The van der Waals surface area contributed by atoms with Crippen LogP contribution in [-0.2, 0) is 5.60 Å². The molecule has 0 fully saturated rings. The molecular weight excluding hydrogens is 408 g/mol. The third-order valence-corrected chi connectivity index (χ3v) is 5.52. The molecule has 3 aromatic rings. The molecule has 0 aliphatic carbocycles. The Balaban J connectivity index is 2.02. The number of aliphatic hydroxyl groups is 1. The molecule has 1 heterocycles. The van der Waals surface area contributed by atoms with Crippen LogP contribution in [0.1, 0.15) is 21.7 Å². The number of fused-ring (bicyclic) bond motifs is 1. The Labute approximate surface area is 160 Å². The van der Waals surface area contributed by atoms with Gasteiger partial charge in [0.2, 0.25) is 0 Å². The number of hydrogen-bond donors (Lipinski definition) is 1. The number of carbonyl (C=O) groups excluding carboxylic acids is 1. The van der Waals surface area contributed by atoms with Crippen LogP contribution in [0.2, 0.25) is 10.0 Å². The minimum absolute atomic E-state index is 0.0653. The number of hydrogen-bond acceptors (Lipinski definition) is 3. The highest BCUT2D eigenvalue weighted by molar-refractivity contribution is 7.20. The van der Waals surface area contributed by atoms with Crippen molar-refractivity contribution >= 4 is 50.4 Å². The average molecular weight is 419 g/mol. The lowest BCUT2D eigenvalue weighted by atomic mass is 9.87. The minimum atomic E-state index is -5.09. The number of halogens is 5. The molecule has 0 aliphatic heterocycles. The Morgan fingerprint density at radius 3 is 2.23 bits per heavy atom. The summed E-state index contributed by atoms with van der Waals surface area (Å²) in [7, 11) is 0. The number of alkyl halides is 3. The Hall–Kier alpha value is -1.60. The zero-order valence-corrected chi connectivity index (χ0v) is 15.3. The number of rotatable bonds is 4. The maximum atomic E-state index is 13.6. The molecule has 1 unspecified atom stereocenters. The second kappa shape index (κ2) is 6.85. The van der Waals surface area contributed by atoms with E-state index in [1.165, 1.54) is 12.1 Å². The molecule has 136 valence electrons. The number of ketones is 1. The van der Waals surface area contributed by atoms with E-state index >= 15 is 0 Å². The number of carbonyl (C=O) groups is 1. The van der Waals surface area contributed by atoms with E-state index in [1.807, 2.05) is 0 Å². The summed E-state index contributed by atoms with van der Waals surface area (Å²) in [5, 5.41) is 11.0. The Kier molecular flexibility index (Phi) is 5.05. The van der Waals surface area contributed by atoms with E-state index in [0.717, 1.165) is 33.6 Å². The van der Waals surface area contributed by atoms with Crippen molar-refractivity contribution in [2.24, 2.45) is 0 Å². The topological polar surface area (TPSA) is 37.3 Å². The zero-order valence-electron chi connectivity index (χ0n) is 13.0. The van der Waals surface area contributed by atoms with Crippen LogP contribution in [0.4, 0.5) is 13.2 Å². The molecule has 2 aromatic carbocycles. The summed E-state index contributed by atoms with van der Waals surface area (Å²) in [5.74, 6) is -0.817. The molecule has 1 atom stereocenters. The minimum Gasteiger partial charge on any atom is -0.376 e. The van der Waals surface area contributed by atoms with Gasteiger partial charge in [-0.1, -0.05) is 41.4 Å². The molecule has 1 N–H and O–H groups in total. The standard InChI is InChI=1S/C18H11Cl2F3O2S/c19-12-6-11(7-13(20)8-12)17(25,18(21,22)23)9-14(24)16-5-10-3-1-2-4-15(10)26-16/h1-8,25H,9H2. The maximum Gasteiger partial charge on any atom is 0.421 e. The maximum absolute atomic E-state index is 13.6. The van der Waals surface area contributed by atoms with Gasteiger partial charge in [-0.25, -0.2) is 0 Å². The second-order valence-electron chi connectivity index (χ2n) is 5.76. The molecule has 0 amide bonds. The fraction of sp³-hybridized carbons (Fsp3) is 0.167. The van der Waals surface area contributed by atoms with Crippen molar-refractivity contribution in [2.45, 2.75) is 18.2 Å². The first-order valence-corrected chi connectivity index (χ1v) is 8.95. The Bertz CT molecular complexity index is 931. The lowest BCUT2D eigenvalue weighted by molar-refractivity contribution is -0.264. The summed E-state index contributed by atoms with van der Waals surface area (Å²) >= 11 is 12.6. The van der Waals surface area contributed by atoms with Gasteiger partial charge in [0, 0.05) is 14.7 Å². The fourth-order valence-corrected chi connectivity index (χ4v) is 4.12. The summed E-state index contributed by atoms with van der Waals surface area (Å²) in [5.41, 5.74) is -3.97. The van der Waals surface area contributed by atoms with Gasteiger partial charge in [0.05, 0.1) is 11.3 Å². The van der Waals surface area contributed by atoms with Crippen LogP contribution in [0, 0.1) is 0 Å². The molecule has 1 aromatic heterocycles. The van der Waals surface area contributed by atoms with Crippen LogP contribution in [0.25, 0.3) is 10.1 Å². The fourth-order valence-electron chi connectivity index (χ4n) is 2.60. The van der Waals surface area contributed by atoms with Gasteiger partial charge in [-0.2, -0.15) is 13.2 Å². The van der Waals surface area contributed by atoms with Gasteiger partial charge in [-0.05, 0) is 41.3 Å². The van der Waals surface area contributed by atoms with E-state index in [1.54, 1.807) is 24.3 Å². The van der Waals surface area contributed by atoms with Gasteiger partial charge in [0.15, 0.2) is 11.4 Å². The first kappa shape index (κ1) is 19.2. The van der Waals surface area contributed by atoms with Crippen LogP contribution in [-0.4, -0.2) is 17.1 Å². The van der Waals surface area contributed by atoms with Gasteiger partial charge in [0.25, 0.3) is 0 Å². The number of benzene rings is 2. The van der Waals surface area contributed by atoms with Crippen LogP contribution >= 0.6 is 34.5 Å². The second-order valence-corrected chi connectivity index (χ2v) is 7.72. The molecule has 0 saturated carbocycles. The van der Waals surface area contributed by atoms with E-state index in [2.05, 4.69) is 0 Å². The molecule has 0 spiro atoms. The molecule has 0 saturated heterocycles. The first-order chi connectivity index (χ1) is 12.1. The van der Waals surface area contributed by atoms with Crippen molar-refractivity contribution in [1.82, 2.24) is 0 Å². The van der Waals surface area contributed by atoms with E-state index in [9.17, 15) is 23.1 Å². The van der Waals surface area contributed by atoms with Crippen molar-refractivity contribution in [3.05, 3.63) is 69.0 Å². The third-order valence-electron chi connectivity index (χ3n) is 3.93. The molecule has 8 heteroatoms. The van der Waals surface area contributed by atoms with Gasteiger partial charge in [0.1, 0.15) is 0 Å². The summed E-state index contributed by atoms with van der Waals surface area (Å²) in [6.07, 6.45) is -6.26. The molecule has 2 nitrogen and oxygen atoms in total. The highest BCUT2D eigenvalue weighted by atomic mass is 35.5. The highest BCUT2D eigenvalue weighted by Gasteiger charge is 2.56. The molecule has 0 bridgehead atoms. The summed E-state index contributed by atoms with van der Waals surface area (Å²) in [6, 6.07) is 11.7. The summed E-state index contributed by atoms with van der Waals surface area (Å²) in [6.45, 7) is 0. The molecule has 0 aliphatic rings. The average Bonchev–Trinajstić information content (AvgIpc) is 2.97. The smallest absolute Gasteiger partial charge is 0.376 e. The molecular formula is C18H11Cl2F3O2S. The van der Waals surface area contributed by atoms with Crippen molar-refractivity contribution in [1.29, 1.82) is 0 Å². The third kappa shape index (κ3) is 3.60. The van der Waals surface area contributed by atoms with E-state index in [4.69, 9.17) is 23.2 Å². The predicted octanol–water partition coefficient (Wildman–Crippen LogP) is 6.23. The first-order valence-electron chi connectivity index (χ1n) is 7.37. The monoisotopic (exact) mass is 418 g/mol. The van der Waals surface area contributed by atoms with Crippen molar-refractivity contribution in [3.8, 4) is 0 Å². The van der Waals surface area contributed by atoms with Crippen LogP contribution in [0.15, 0.2) is 48.5 Å². The van der Waals surface area contributed by atoms with E-state index < -0.39 is 29.5 Å². The molecule has 0 radical (unpaired) electrons. The Morgan fingerprint density at radius 2 is 1.65 bits per heavy atom. The van der Waals surface area contributed by atoms with Crippen molar-refractivity contribution in [3.63, 3.8) is 0 Å². The lowest BCUT2D eigenvalue weighted by Gasteiger charge is -2.30. The summed E-state index contributed by atoms with van der Waals surface area (Å²) in [4.78, 5) is 12.6. The number of Topliss-reactive ketones (excluding diaryl/α,β-unsaturated/α-hetero) is 1. The van der Waals surface area contributed by atoms with Gasteiger partial charge >= 0.3 is 6.18 Å². The quantitative estimate of drug-likeness (QED) is 0.509. The molecule has 26 heavy (non-hydrogen) atoms. The van der Waals surface area contributed by atoms with Crippen molar-refractivity contribution < 1.29 is 23.1 Å². The van der Waals surface area contributed by atoms with E-state index in [-0.39, 0.29) is 14.9 Å². The van der Waals surface area contributed by atoms with Gasteiger partial charge in [-0.3, -0.25) is 4.79 Å². The summed E-state index contributed by atoms with van der Waals surface area (Å²) < 4.78 is 41.7. The van der Waals surface area contributed by atoms with E-state index in [0.29, 0.717) is 0 Å².